The first-order valence-electron chi connectivity index (χ1n) is 12.2. The van der Waals surface area contributed by atoms with Crippen LogP contribution in [0.15, 0.2) is 54.6 Å². The first-order chi connectivity index (χ1) is 17.5. The van der Waals surface area contributed by atoms with Crippen molar-refractivity contribution in [3.05, 3.63) is 93.1 Å². The van der Waals surface area contributed by atoms with E-state index in [4.69, 9.17) is 21.4 Å². The van der Waals surface area contributed by atoms with E-state index in [1.165, 1.54) is 0 Å². The molecule has 0 bridgehead atoms. The van der Waals surface area contributed by atoms with Gasteiger partial charge in [0.1, 0.15) is 17.2 Å². The SMILES string of the molecule is Cc1cc(Oc2ccc(CCC(=O)O)c(C)c2)cc([C@@H](C)NC(=O)c2c(C)c3cc(Cl)ccc3n2C)c1. The highest BCUT2D eigenvalue weighted by atomic mass is 35.5. The Kier molecular flexibility index (Phi) is 7.60. The number of rotatable bonds is 8. The number of benzene rings is 3. The van der Waals surface area contributed by atoms with E-state index in [1.54, 1.807) is 0 Å². The molecule has 2 N–H and O–H groups in total. The van der Waals surface area contributed by atoms with E-state index in [2.05, 4.69) is 5.32 Å². The largest absolute Gasteiger partial charge is 0.481 e. The maximum atomic E-state index is 13.3. The molecule has 37 heavy (non-hydrogen) atoms. The van der Waals surface area contributed by atoms with E-state index in [0.29, 0.717) is 28.6 Å². The second kappa shape index (κ2) is 10.7. The quantitative estimate of drug-likeness (QED) is 0.262. The third kappa shape index (κ3) is 5.81. The number of hydrogen-bond donors (Lipinski definition) is 2. The first-order valence-corrected chi connectivity index (χ1v) is 12.6. The van der Waals surface area contributed by atoms with Gasteiger partial charge >= 0.3 is 5.97 Å². The van der Waals surface area contributed by atoms with Crippen molar-refractivity contribution in [3.8, 4) is 11.5 Å². The molecule has 0 aliphatic carbocycles. The van der Waals surface area contributed by atoms with Gasteiger partial charge < -0.3 is 19.7 Å². The fourth-order valence-corrected chi connectivity index (χ4v) is 4.92. The number of nitrogens with zero attached hydrogens (tertiary/aromatic N) is 1. The summed E-state index contributed by atoms with van der Waals surface area (Å²) in [5, 5.41) is 13.7. The van der Waals surface area contributed by atoms with Gasteiger partial charge in [0.25, 0.3) is 5.91 Å². The summed E-state index contributed by atoms with van der Waals surface area (Å²) in [6, 6.07) is 17.0. The molecule has 0 aliphatic rings. The summed E-state index contributed by atoms with van der Waals surface area (Å²) in [7, 11) is 1.89. The van der Waals surface area contributed by atoms with E-state index in [-0.39, 0.29) is 18.4 Å². The number of fused-ring (bicyclic) bond motifs is 1. The maximum absolute atomic E-state index is 13.3. The smallest absolute Gasteiger partial charge is 0.303 e. The molecule has 1 amide bonds. The number of aliphatic carboxylic acids is 1. The van der Waals surface area contributed by atoms with Gasteiger partial charge in [-0.1, -0.05) is 23.7 Å². The summed E-state index contributed by atoms with van der Waals surface area (Å²) in [6.45, 7) is 7.83. The molecule has 192 valence electrons. The summed E-state index contributed by atoms with van der Waals surface area (Å²) in [4.78, 5) is 24.2. The Morgan fingerprint density at radius 2 is 1.78 bits per heavy atom. The molecule has 1 aromatic heterocycles. The predicted octanol–water partition coefficient (Wildman–Crippen LogP) is 7.06. The summed E-state index contributed by atoms with van der Waals surface area (Å²) >= 11 is 6.18. The van der Waals surface area contributed by atoms with E-state index < -0.39 is 5.97 Å². The lowest BCUT2D eigenvalue weighted by Crippen LogP contribution is -2.29. The van der Waals surface area contributed by atoms with Gasteiger partial charge in [-0.15, -0.1) is 0 Å². The Morgan fingerprint density at radius 1 is 1.03 bits per heavy atom. The van der Waals surface area contributed by atoms with Gasteiger partial charge in [0.2, 0.25) is 0 Å². The summed E-state index contributed by atoms with van der Waals surface area (Å²) in [5.74, 6) is 0.378. The number of ether oxygens (including phenoxy) is 1. The highest BCUT2D eigenvalue weighted by Gasteiger charge is 2.21. The van der Waals surface area contributed by atoms with Gasteiger partial charge in [-0.2, -0.15) is 0 Å². The molecular formula is C30H31ClN2O4. The minimum absolute atomic E-state index is 0.0952. The number of carboxylic acid groups (broad SMARTS) is 1. The highest BCUT2D eigenvalue weighted by molar-refractivity contribution is 6.31. The Balaban J connectivity index is 1.53. The number of carbonyl (C=O) groups is 2. The van der Waals surface area contributed by atoms with Crippen molar-refractivity contribution in [2.75, 3.05) is 0 Å². The van der Waals surface area contributed by atoms with Gasteiger partial charge in [0.05, 0.1) is 6.04 Å². The lowest BCUT2D eigenvalue weighted by atomic mass is 10.0. The van der Waals surface area contributed by atoms with Gasteiger partial charge in [-0.25, -0.2) is 0 Å². The van der Waals surface area contributed by atoms with Crippen molar-refractivity contribution in [1.82, 2.24) is 9.88 Å². The number of nitrogens with one attached hydrogen (secondary N) is 1. The average molecular weight is 519 g/mol. The third-order valence-electron chi connectivity index (χ3n) is 6.71. The zero-order valence-corrected chi connectivity index (χ0v) is 22.4. The van der Waals surface area contributed by atoms with Crippen LogP contribution in [0.25, 0.3) is 10.9 Å². The number of carboxylic acids is 1. The van der Waals surface area contributed by atoms with E-state index in [0.717, 1.165) is 38.7 Å². The minimum atomic E-state index is -0.812. The third-order valence-corrected chi connectivity index (χ3v) is 6.94. The Morgan fingerprint density at radius 3 is 2.49 bits per heavy atom. The average Bonchev–Trinajstić information content (AvgIpc) is 3.07. The zero-order chi connectivity index (χ0) is 26.9. The molecule has 0 spiro atoms. The molecule has 0 unspecified atom stereocenters. The topological polar surface area (TPSA) is 80.6 Å². The molecule has 0 saturated heterocycles. The molecule has 1 atom stereocenters. The number of hydrogen-bond acceptors (Lipinski definition) is 3. The molecular weight excluding hydrogens is 488 g/mol. The summed E-state index contributed by atoms with van der Waals surface area (Å²) < 4.78 is 8.04. The van der Waals surface area contributed by atoms with Crippen LogP contribution in [-0.4, -0.2) is 21.6 Å². The van der Waals surface area contributed by atoms with Crippen LogP contribution in [0, 0.1) is 20.8 Å². The number of aryl methyl sites for hydroxylation is 5. The summed E-state index contributed by atoms with van der Waals surface area (Å²) in [5.41, 5.74) is 6.36. The molecule has 4 rings (SSSR count). The molecule has 0 aliphatic heterocycles. The lowest BCUT2D eigenvalue weighted by molar-refractivity contribution is -0.136. The van der Waals surface area contributed by atoms with Crippen molar-refractivity contribution in [2.45, 2.75) is 46.6 Å². The van der Waals surface area contributed by atoms with Crippen molar-refractivity contribution in [3.63, 3.8) is 0 Å². The number of aromatic nitrogens is 1. The van der Waals surface area contributed by atoms with Crippen LogP contribution in [0.1, 0.15) is 57.7 Å². The second-order valence-electron chi connectivity index (χ2n) is 9.55. The van der Waals surface area contributed by atoms with Crippen LogP contribution >= 0.6 is 11.6 Å². The van der Waals surface area contributed by atoms with Crippen LogP contribution < -0.4 is 10.1 Å². The van der Waals surface area contributed by atoms with Crippen LogP contribution in [0.3, 0.4) is 0 Å². The van der Waals surface area contributed by atoms with Crippen molar-refractivity contribution in [1.29, 1.82) is 0 Å². The highest BCUT2D eigenvalue weighted by Crippen LogP contribution is 2.30. The Hall–Kier alpha value is -3.77. The maximum Gasteiger partial charge on any atom is 0.303 e. The molecule has 3 aromatic carbocycles. The normalized spacial score (nSPS) is 11.9. The molecule has 1 heterocycles. The van der Waals surface area contributed by atoms with Gasteiger partial charge in [-0.05, 0) is 104 Å². The summed E-state index contributed by atoms with van der Waals surface area (Å²) in [6.07, 6.45) is 0.578. The number of halogens is 1. The lowest BCUT2D eigenvalue weighted by Gasteiger charge is -2.18. The fraction of sp³-hybridized carbons (Fsp3) is 0.267. The van der Waals surface area contributed by atoms with Crippen LogP contribution in [0.4, 0.5) is 0 Å². The zero-order valence-electron chi connectivity index (χ0n) is 21.7. The van der Waals surface area contributed by atoms with Gasteiger partial charge in [0, 0.05) is 29.4 Å². The fourth-order valence-electron chi connectivity index (χ4n) is 4.75. The number of carbonyl (C=O) groups excluding carboxylic acids is 1. The van der Waals surface area contributed by atoms with Crippen molar-refractivity contribution < 1.29 is 19.4 Å². The molecule has 4 aromatic rings. The van der Waals surface area contributed by atoms with Crippen LogP contribution in [-0.2, 0) is 18.3 Å². The molecule has 6 nitrogen and oxygen atoms in total. The van der Waals surface area contributed by atoms with E-state index in [1.807, 2.05) is 93.9 Å². The van der Waals surface area contributed by atoms with Crippen molar-refractivity contribution >= 4 is 34.4 Å². The Bertz CT molecular complexity index is 1510. The first kappa shape index (κ1) is 26.3. The van der Waals surface area contributed by atoms with Gasteiger partial charge in [0.15, 0.2) is 0 Å². The van der Waals surface area contributed by atoms with E-state index >= 15 is 0 Å². The second-order valence-corrected chi connectivity index (χ2v) is 9.99. The Labute approximate surface area is 221 Å². The monoisotopic (exact) mass is 518 g/mol. The van der Waals surface area contributed by atoms with Crippen molar-refractivity contribution in [2.24, 2.45) is 7.05 Å². The minimum Gasteiger partial charge on any atom is -0.481 e. The molecule has 0 saturated carbocycles. The van der Waals surface area contributed by atoms with Gasteiger partial charge in [-0.3, -0.25) is 9.59 Å². The standard InChI is InChI=1S/C30H31ClN2O4/c1-17-12-22(15-25(13-17)37-24-9-6-21(18(2)14-24)7-11-28(34)35)20(4)32-30(36)29-19(3)26-16-23(31)8-10-27(26)33(29)5/h6,8-10,12-16,20H,7,11H2,1-5H3,(H,32,36)(H,34,35)/t20-/m1/s1. The molecule has 0 radical (unpaired) electrons. The van der Waals surface area contributed by atoms with E-state index in [9.17, 15) is 9.59 Å². The van der Waals surface area contributed by atoms with Crippen LogP contribution in [0.5, 0.6) is 11.5 Å². The predicted molar refractivity (Wildman–Crippen MR) is 147 cm³/mol. The molecule has 0 fully saturated rings. The van der Waals surface area contributed by atoms with Crippen LogP contribution in [0.2, 0.25) is 5.02 Å². The molecule has 7 heteroatoms. The number of amides is 1.